The van der Waals surface area contributed by atoms with Crippen molar-refractivity contribution in [2.24, 2.45) is 0 Å². The molecule has 1 aliphatic rings. The molecule has 2 amide bonds. The van der Waals surface area contributed by atoms with Gasteiger partial charge in [-0.3, -0.25) is 5.10 Å². The Balaban J connectivity index is 1.63. The van der Waals surface area contributed by atoms with E-state index >= 15 is 0 Å². The fourth-order valence-electron chi connectivity index (χ4n) is 3.54. The van der Waals surface area contributed by atoms with Gasteiger partial charge in [0.1, 0.15) is 0 Å². The molecule has 0 aliphatic carbocycles. The Morgan fingerprint density at radius 2 is 2.20 bits per heavy atom. The summed E-state index contributed by atoms with van der Waals surface area (Å²) >= 11 is 0. The molecule has 0 radical (unpaired) electrons. The van der Waals surface area contributed by atoms with Gasteiger partial charge in [0.25, 0.3) is 0 Å². The smallest absolute Gasteiger partial charge is 0.317 e. The number of likely N-dealkylation sites (tertiary alicyclic amines) is 1. The third-order valence-electron chi connectivity index (χ3n) is 4.92. The maximum atomic E-state index is 12.8. The van der Waals surface area contributed by atoms with Gasteiger partial charge in [-0.1, -0.05) is 30.3 Å². The van der Waals surface area contributed by atoms with E-state index in [0.29, 0.717) is 13.0 Å². The Bertz CT molecular complexity index is 645. The molecule has 2 atom stereocenters. The van der Waals surface area contributed by atoms with Gasteiger partial charge >= 0.3 is 6.03 Å². The van der Waals surface area contributed by atoms with Crippen molar-refractivity contribution >= 4 is 6.03 Å². The summed E-state index contributed by atoms with van der Waals surface area (Å²) in [6.07, 6.45) is 7.42. The molecule has 1 aromatic heterocycles. The number of hydrogen-bond acceptors (Lipinski definition) is 3. The second kappa shape index (κ2) is 8.67. The molecule has 2 aromatic rings. The predicted octanol–water partition coefficient (Wildman–Crippen LogP) is 2.81. The number of nitrogens with one attached hydrogen (secondary N) is 2. The van der Waals surface area contributed by atoms with Gasteiger partial charge in [-0.15, -0.1) is 0 Å². The Hall–Kier alpha value is -2.34. The normalized spacial score (nSPS) is 18.8. The molecule has 1 aromatic carbocycles. The van der Waals surface area contributed by atoms with Gasteiger partial charge in [-0.2, -0.15) is 5.10 Å². The minimum atomic E-state index is -0.0372. The van der Waals surface area contributed by atoms with Gasteiger partial charge in [0.15, 0.2) is 0 Å². The molecule has 1 aliphatic heterocycles. The summed E-state index contributed by atoms with van der Waals surface area (Å²) in [6, 6.07) is 10.1. The lowest BCUT2D eigenvalue weighted by molar-refractivity contribution is 0.150. The highest BCUT2D eigenvalue weighted by Crippen LogP contribution is 2.30. The molecule has 6 heteroatoms. The SMILES string of the molecule is O=C(NCC(CCO)c1ccccc1)N1CCCCC1c1cn[nH]c1. The Morgan fingerprint density at radius 3 is 2.92 bits per heavy atom. The number of carbonyl (C=O) groups is 1. The first-order valence-corrected chi connectivity index (χ1v) is 8.98. The minimum Gasteiger partial charge on any atom is -0.396 e. The highest BCUT2D eigenvalue weighted by Gasteiger charge is 2.28. The van der Waals surface area contributed by atoms with E-state index in [4.69, 9.17) is 0 Å². The van der Waals surface area contributed by atoms with Gasteiger partial charge in [-0.05, 0) is 31.2 Å². The number of aromatic amines is 1. The summed E-state index contributed by atoms with van der Waals surface area (Å²) in [4.78, 5) is 14.7. The van der Waals surface area contributed by atoms with Crippen molar-refractivity contribution < 1.29 is 9.90 Å². The van der Waals surface area contributed by atoms with Gasteiger partial charge < -0.3 is 15.3 Å². The van der Waals surface area contributed by atoms with Gasteiger partial charge in [-0.25, -0.2) is 4.79 Å². The summed E-state index contributed by atoms with van der Waals surface area (Å²) in [5.41, 5.74) is 2.20. The predicted molar refractivity (Wildman–Crippen MR) is 96.2 cm³/mol. The Morgan fingerprint density at radius 1 is 1.36 bits per heavy atom. The van der Waals surface area contributed by atoms with Crippen LogP contribution in [0.15, 0.2) is 42.7 Å². The number of benzene rings is 1. The number of piperidine rings is 1. The zero-order valence-electron chi connectivity index (χ0n) is 14.4. The van der Waals surface area contributed by atoms with E-state index in [1.54, 1.807) is 6.20 Å². The zero-order chi connectivity index (χ0) is 17.5. The molecule has 1 fully saturated rings. The van der Waals surface area contributed by atoms with E-state index in [1.165, 1.54) is 0 Å². The number of H-pyrrole nitrogens is 1. The second-order valence-corrected chi connectivity index (χ2v) is 6.54. The number of aromatic nitrogens is 2. The average molecular weight is 342 g/mol. The van der Waals surface area contributed by atoms with E-state index in [2.05, 4.69) is 15.5 Å². The quantitative estimate of drug-likeness (QED) is 0.755. The van der Waals surface area contributed by atoms with E-state index in [1.807, 2.05) is 41.4 Å². The largest absolute Gasteiger partial charge is 0.396 e. The van der Waals surface area contributed by atoms with Gasteiger partial charge in [0, 0.05) is 37.4 Å². The minimum absolute atomic E-state index is 0.0372. The summed E-state index contributed by atoms with van der Waals surface area (Å²) < 4.78 is 0. The van der Waals surface area contributed by atoms with Crippen LogP contribution in [0.25, 0.3) is 0 Å². The number of aliphatic hydroxyl groups is 1. The number of amides is 2. The Labute approximate surface area is 148 Å². The molecule has 0 saturated carbocycles. The molecule has 3 rings (SSSR count). The fourth-order valence-corrected chi connectivity index (χ4v) is 3.54. The molecule has 2 heterocycles. The van der Waals surface area contributed by atoms with Crippen molar-refractivity contribution in [1.29, 1.82) is 0 Å². The first-order chi connectivity index (χ1) is 12.3. The molecule has 25 heavy (non-hydrogen) atoms. The second-order valence-electron chi connectivity index (χ2n) is 6.54. The molecule has 3 N–H and O–H groups in total. The highest BCUT2D eigenvalue weighted by molar-refractivity contribution is 5.75. The molecule has 0 spiro atoms. The van der Waals surface area contributed by atoms with Crippen molar-refractivity contribution in [2.45, 2.75) is 37.6 Å². The van der Waals surface area contributed by atoms with E-state index in [-0.39, 0.29) is 24.6 Å². The fraction of sp³-hybridized carbons (Fsp3) is 0.474. The topological polar surface area (TPSA) is 81.2 Å². The van der Waals surface area contributed by atoms with E-state index < -0.39 is 0 Å². The van der Waals surface area contributed by atoms with Crippen LogP contribution in [-0.2, 0) is 0 Å². The Kier molecular flexibility index (Phi) is 6.06. The third kappa shape index (κ3) is 4.39. The van der Waals surface area contributed by atoms with Crippen LogP contribution in [0.4, 0.5) is 4.79 Å². The maximum Gasteiger partial charge on any atom is 0.317 e. The van der Waals surface area contributed by atoms with Crippen LogP contribution in [0.1, 0.15) is 48.8 Å². The van der Waals surface area contributed by atoms with Crippen LogP contribution < -0.4 is 5.32 Å². The summed E-state index contributed by atoms with van der Waals surface area (Å²) in [7, 11) is 0. The molecule has 6 nitrogen and oxygen atoms in total. The van der Waals surface area contributed by atoms with Crippen molar-refractivity contribution in [3.05, 3.63) is 53.9 Å². The standard InChI is InChI=1S/C19H26N4O2/c24-11-9-16(15-6-2-1-3-7-15)12-20-19(25)23-10-5-4-8-18(23)17-13-21-22-14-17/h1-3,6-7,13-14,16,18,24H,4-5,8-12H2,(H,20,25)(H,21,22). The van der Waals surface area contributed by atoms with Crippen molar-refractivity contribution in [2.75, 3.05) is 19.7 Å². The van der Waals surface area contributed by atoms with Crippen LogP contribution in [0, 0.1) is 0 Å². The first kappa shape index (κ1) is 17.5. The lowest BCUT2D eigenvalue weighted by Gasteiger charge is -2.35. The van der Waals surface area contributed by atoms with Crippen molar-refractivity contribution in [3.63, 3.8) is 0 Å². The third-order valence-corrected chi connectivity index (χ3v) is 4.92. The van der Waals surface area contributed by atoms with Crippen molar-refractivity contribution in [3.8, 4) is 0 Å². The number of aliphatic hydroxyl groups excluding tert-OH is 1. The number of nitrogens with zero attached hydrogens (tertiary/aromatic N) is 2. The van der Waals surface area contributed by atoms with Crippen LogP contribution >= 0.6 is 0 Å². The zero-order valence-corrected chi connectivity index (χ0v) is 14.4. The number of urea groups is 1. The monoisotopic (exact) mass is 342 g/mol. The van der Waals surface area contributed by atoms with Gasteiger partial charge in [0.05, 0.1) is 12.2 Å². The lowest BCUT2D eigenvalue weighted by atomic mass is 9.96. The maximum absolute atomic E-state index is 12.8. The molecule has 2 unspecified atom stereocenters. The average Bonchev–Trinajstić information content (AvgIpc) is 3.20. The number of rotatable bonds is 6. The summed E-state index contributed by atoms with van der Waals surface area (Å²) in [6.45, 7) is 1.40. The molecule has 134 valence electrons. The summed E-state index contributed by atoms with van der Waals surface area (Å²) in [5.74, 6) is 0.118. The van der Waals surface area contributed by atoms with E-state index in [0.717, 1.165) is 36.9 Å². The van der Waals surface area contributed by atoms with Crippen LogP contribution in [-0.4, -0.2) is 45.9 Å². The molecular formula is C19H26N4O2. The highest BCUT2D eigenvalue weighted by atomic mass is 16.3. The van der Waals surface area contributed by atoms with Crippen molar-refractivity contribution in [1.82, 2.24) is 20.4 Å². The molecule has 1 saturated heterocycles. The first-order valence-electron chi connectivity index (χ1n) is 8.98. The number of carbonyl (C=O) groups excluding carboxylic acids is 1. The van der Waals surface area contributed by atoms with Crippen LogP contribution in [0.3, 0.4) is 0 Å². The van der Waals surface area contributed by atoms with E-state index in [9.17, 15) is 9.90 Å². The summed E-state index contributed by atoms with van der Waals surface area (Å²) in [5, 5.41) is 19.3. The van der Waals surface area contributed by atoms with Gasteiger partial charge in [0.2, 0.25) is 0 Å². The van der Waals surface area contributed by atoms with Crippen LogP contribution in [0.2, 0.25) is 0 Å². The molecule has 0 bridgehead atoms. The number of hydrogen-bond donors (Lipinski definition) is 3. The lowest BCUT2D eigenvalue weighted by Crippen LogP contribution is -2.45. The van der Waals surface area contributed by atoms with Crippen LogP contribution in [0.5, 0.6) is 0 Å². The molecular weight excluding hydrogens is 316 g/mol.